The molecule has 0 saturated carbocycles. The average molecular weight is 308 g/mol. The molecule has 0 atom stereocenters. The number of benzene rings is 1. The van der Waals surface area contributed by atoms with Crippen LogP contribution in [-0.4, -0.2) is 19.5 Å². The fourth-order valence-corrected chi connectivity index (χ4v) is 3.17. The van der Waals surface area contributed by atoms with E-state index in [1.165, 1.54) is 24.5 Å². The molecule has 0 aliphatic heterocycles. The second kappa shape index (κ2) is 4.98. The van der Waals surface area contributed by atoms with Crippen molar-refractivity contribution in [2.75, 3.05) is 0 Å². The van der Waals surface area contributed by atoms with Crippen molar-refractivity contribution in [2.45, 2.75) is 19.3 Å². The molecule has 0 amide bonds. The van der Waals surface area contributed by atoms with Crippen molar-refractivity contribution < 1.29 is 4.92 Å². The van der Waals surface area contributed by atoms with Crippen LogP contribution >= 0.6 is 0 Å². The summed E-state index contributed by atoms with van der Waals surface area (Å²) < 4.78 is 1.83. The lowest BCUT2D eigenvalue weighted by Crippen LogP contribution is -2.18. The number of rotatable bonds is 2. The molecular formula is C16H12N4O3. The molecule has 1 aliphatic rings. The van der Waals surface area contributed by atoms with Crippen LogP contribution < -0.4 is 5.43 Å². The monoisotopic (exact) mass is 308 g/mol. The maximum Gasteiger partial charge on any atom is 0.271 e. The minimum absolute atomic E-state index is 0.00462. The summed E-state index contributed by atoms with van der Waals surface area (Å²) in [5.41, 5.74) is 2.92. The van der Waals surface area contributed by atoms with Gasteiger partial charge in [-0.15, -0.1) is 0 Å². The van der Waals surface area contributed by atoms with E-state index in [0.29, 0.717) is 23.3 Å². The predicted molar refractivity (Wildman–Crippen MR) is 83.8 cm³/mol. The van der Waals surface area contributed by atoms with E-state index < -0.39 is 4.92 Å². The Bertz CT molecular complexity index is 1010. The van der Waals surface area contributed by atoms with Crippen LogP contribution in [0.2, 0.25) is 0 Å². The molecule has 114 valence electrons. The quantitative estimate of drug-likeness (QED) is 0.534. The number of hydrogen-bond acceptors (Lipinski definition) is 5. The highest BCUT2D eigenvalue weighted by Crippen LogP contribution is 2.27. The third-order valence-corrected chi connectivity index (χ3v) is 4.14. The van der Waals surface area contributed by atoms with E-state index in [2.05, 4.69) is 9.97 Å². The van der Waals surface area contributed by atoms with Gasteiger partial charge in [-0.05, 0) is 25.3 Å². The molecule has 0 radical (unpaired) electrons. The first-order valence-electron chi connectivity index (χ1n) is 7.29. The van der Waals surface area contributed by atoms with Gasteiger partial charge in [0.25, 0.3) is 5.69 Å². The van der Waals surface area contributed by atoms with Crippen LogP contribution in [0.3, 0.4) is 0 Å². The summed E-state index contributed by atoms with van der Waals surface area (Å²) in [7, 11) is 0. The molecular weight excluding hydrogens is 296 g/mol. The van der Waals surface area contributed by atoms with E-state index in [1.807, 2.05) is 4.57 Å². The number of aromatic nitrogens is 3. The van der Waals surface area contributed by atoms with Gasteiger partial charge in [0, 0.05) is 35.8 Å². The van der Waals surface area contributed by atoms with Gasteiger partial charge in [-0.1, -0.05) is 6.07 Å². The van der Waals surface area contributed by atoms with Crippen molar-refractivity contribution in [3.05, 3.63) is 68.3 Å². The Labute approximate surface area is 130 Å². The Morgan fingerprint density at radius 3 is 2.83 bits per heavy atom. The largest absolute Gasteiger partial charge is 0.296 e. The number of nitro groups is 1. The Hall–Kier alpha value is -3.09. The summed E-state index contributed by atoms with van der Waals surface area (Å²) >= 11 is 0. The zero-order valence-electron chi connectivity index (χ0n) is 12.1. The summed E-state index contributed by atoms with van der Waals surface area (Å²) in [6.07, 6.45) is 5.35. The van der Waals surface area contributed by atoms with Crippen molar-refractivity contribution in [3.63, 3.8) is 0 Å². The van der Waals surface area contributed by atoms with Gasteiger partial charge in [-0.3, -0.25) is 19.5 Å². The number of pyridine rings is 1. The van der Waals surface area contributed by atoms with E-state index in [9.17, 15) is 14.9 Å². The van der Waals surface area contributed by atoms with Crippen LogP contribution in [0.25, 0.3) is 16.9 Å². The minimum atomic E-state index is -0.430. The van der Waals surface area contributed by atoms with Crippen LogP contribution in [0.5, 0.6) is 0 Å². The van der Waals surface area contributed by atoms with Crippen LogP contribution in [-0.2, 0) is 12.8 Å². The summed E-state index contributed by atoms with van der Waals surface area (Å²) in [5, 5.41) is 11.1. The molecule has 1 aromatic carbocycles. The topological polar surface area (TPSA) is 90.9 Å². The van der Waals surface area contributed by atoms with Gasteiger partial charge in [0.05, 0.1) is 10.6 Å². The molecule has 1 aliphatic carbocycles. The first kappa shape index (κ1) is 13.6. The van der Waals surface area contributed by atoms with E-state index >= 15 is 0 Å². The lowest BCUT2D eigenvalue weighted by molar-refractivity contribution is -0.384. The zero-order chi connectivity index (χ0) is 16.0. The van der Waals surface area contributed by atoms with Gasteiger partial charge < -0.3 is 0 Å². The first-order valence-corrected chi connectivity index (χ1v) is 7.29. The van der Waals surface area contributed by atoms with Crippen molar-refractivity contribution >= 4 is 16.9 Å². The lowest BCUT2D eigenvalue weighted by atomic mass is 10.1. The number of fused-ring (bicyclic) bond motifs is 2. The molecule has 0 saturated heterocycles. The minimum Gasteiger partial charge on any atom is -0.296 e. The third-order valence-electron chi connectivity index (χ3n) is 4.14. The summed E-state index contributed by atoms with van der Waals surface area (Å²) in [6.45, 7) is 0. The van der Waals surface area contributed by atoms with E-state index in [-0.39, 0.29) is 11.1 Å². The van der Waals surface area contributed by atoms with Gasteiger partial charge >= 0.3 is 0 Å². The highest BCUT2D eigenvalue weighted by molar-refractivity contribution is 5.74. The molecule has 0 N–H and O–H groups in total. The van der Waals surface area contributed by atoms with Gasteiger partial charge in [0.15, 0.2) is 11.2 Å². The van der Waals surface area contributed by atoms with Gasteiger partial charge in [0.2, 0.25) is 5.43 Å². The molecule has 2 heterocycles. The SMILES string of the molecule is O=c1c2c(n(-c3cccc([N+](=O)[O-])c3)c3nccnc13)CCC2. The van der Waals surface area contributed by atoms with Gasteiger partial charge in [-0.2, -0.15) is 0 Å². The smallest absolute Gasteiger partial charge is 0.271 e. The fraction of sp³-hybridized carbons (Fsp3) is 0.188. The highest BCUT2D eigenvalue weighted by Gasteiger charge is 2.23. The molecule has 3 aromatic rings. The number of nitro benzene ring substituents is 1. The Balaban J connectivity index is 2.12. The van der Waals surface area contributed by atoms with E-state index in [4.69, 9.17) is 0 Å². The van der Waals surface area contributed by atoms with Crippen molar-refractivity contribution in [2.24, 2.45) is 0 Å². The maximum absolute atomic E-state index is 12.6. The zero-order valence-corrected chi connectivity index (χ0v) is 12.1. The van der Waals surface area contributed by atoms with Crippen molar-refractivity contribution in [1.82, 2.24) is 14.5 Å². The summed E-state index contributed by atoms with van der Waals surface area (Å²) in [5.74, 6) is 0. The van der Waals surface area contributed by atoms with Crippen LogP contribution in [0.1, 0.15) is 17.7 Å². The number of nitrogens with zero attached hydrogens (tertiary/aromatic N) is 4. The Morgan fingerprint density at radius 1 is 1.17 bits per heavy atom. The van der Waals surface area contributed by atoms with Gasteiger partial charge in [0.1, 0.15) is 0 Å². The molecule has 7 heteroatoms. The van der Waals surface area contributed by atoms with Crippen LogP contribution in [0.4, 0.5) is 5.69 Å². The Morgan fingerprint density at radius 2 is 2.00 bits per heavy atom. The van der Waals surface area contributed by atoms with Crippen molar-refractivity contribution in [1.29, 1.82) is 0 Å². The molecule has 4 rings (SSSR count). The summed E-state index contributed by atoms with van der Waals surface area (Å²) in [6, 6.07) is 6.36. The Kier molecular flexibility index (Phi) is 2.94. The standard InChI is InChI=1S/C16H12N4O3/c21-15-12-5-2-6-13(12)19(16-14(15)17-7-8-18-16)10-3-1-4-11(9-10)20(22)23/h1,3-4,7-9H,2,5-6H2. The molecule has 0 fully saturated rings. The average Bonchev–Trinajstić information content (AvgIpc) is 3.05. The number of hydrogen-bond donors (Lipinski definition) is 0. The molecule has 7 nitrogen and oxygen atoms in total. The number of non-ortho nitro benzene ring substituents is 1. The second-order valence-corrected chi connectivity index (χ2v) is 5.45. The molecule has 0 spiro atoms. The van der Waals surface area contributed by atoms with Gasteiger partial charge in [-0.25, -0.2) is 9.97 Å². The van der Waals surface area contributed by atoms with Crippen LogP contribution in [0.15, 0.2) is 41.5 Å². The normalized spacial score (nSPS) is 13.2. The lowest BCUT2D eigenvalue weighted by Gasteiger charge is -2.15. The molecule has 0 bridgehead atoms. The van der Waals surface area contributed by atoms with E-state index in [1.54, 1.807) is 12.1 Å². The molecule has 0 unspecified atom stereocenters. The predicted octanol–water partition coefficient (Wildman–Crippen LogP) is 2.18. The second-order valence-electron chi connectivity index (χ2n) is 5.45. The first-order chi connectivity index (χ1) is 11.2. The fourth-order valence-electron chi connectivity index (χ4n) is 3.17. The molecule has 23 heavy (non-hydrogen) atoms. The highest BCUT2D eigenvalue weighted by atomic mass is 16.6. The van der Waals surface area contributed by atoms with Crippen molar-refractivity contribution in [3.8, 4) is 5.69 Å². The maximum atomic E-state index is 12.6. The molecule has 2 aromatic heterocycles. The summed E-state index contributed by atoms with van der Waals surface area (Å²) in [4.78, 5) is 31.7. The van der Waals surface area contributed by atoms with Crippen LogP contribution in [0, 0.1) is 10.1 Å². The third kappa shape index (κ3) is 2.01. The van der Waals surface area contributed by atoms with E-state index in [0.717, 1.165) is 24.1 Å².